The van der Waals surface area contributed by atoms with Crippen LogP contribution in [0.5, 0.6) is 5.75 Å². The lowest BCUT2D eigenvalue weighted by Gasteiger charge is -2.17. The Labute approximate surface area is 168 Å². The fraction of sp³-hybridized carbons (Fsp3) is 0.160. The van der Waals surface area contributed by atoms with Gasteiger partial charge < -0.3 is 10.2 Å². The molecule has 0 fully saturated rings. The number of aromatic carboxylic acids is 1. The van der Waals surface area contributed by atoms with E-state index >= 15 is 0 Å². The SMILES string of the molecule is Cc1ccc(C2=C(c3cccc(O)c3)c3ccc(C(=O)O)cc3CCC2)c(F)c1. The number of carbonyl (C=O) groups is 1. The van der Waals surface area contributed by atoms with Gasteiger partial charge in [0.2, 0.25) is 0 Å². The van der Waals surface area contributed by atoms with Gasteiger partial charge in [-0.2, -0.15) is 0 Å². The van der Waals surface area contributed by atoms with E-state index in [1.807, 2.05) is 19.1 Å². The van der Waals surface area contributed by atoms with Crippen molar-refractivity contribution in [1.82, 2.24) is 0 Å². The van der Waals surface area contributed by atoms with Gasteiger partial charge in [-0.05, 0) is 89.9 Å². The number of phenolic OH excluding ortho intramolecular Hbond substituents is 1. The lowest BCUT2D eigenvalue weighted by molar-refractivity contribution is 0.0696. The highest BCUT2D eigenvalue weighted by atomic mass is 19.1. The van der Waals surface area contributed by atoms with Crippen LogP contribution < -0.4 is 0 Å². The van der Waals surface area contributed by atoms with Crippen LogP contribution in [-0.4, -0.2) is 16.2 Å². The molecule has 4 rings (SSSR count). The van der Waals surface area contributed by atoms with Crippen molar-refractivity contribution in [1.29, 1.82) is 0 Å². The first-order chi connectivity index (χ1) is 13.9. The molecule has 0 atom stereocenters. The zero-order valence-corrected chi connectivity index (χ0v) is 16.1. The maximum atomic E-state index is 14.9. The number of carboxylic acids is 1. The van der Waals surface area contributed by atoms with Crippen LogP contribution in [0.25, 0.3) is 11.1 Å². The Morgan fingerprint density at radius 3 is 2.48 bits per heavy atom. The summed E-state index contributed by atoms with van der Waals surface area (Å²) in [5.41, 5.74) is 5.94. The maximum Gasteiger partial charge on any atom is 0.335 e. The Kier molecular flexibility index (Phi) is 4.93. The number of rotatable bonds is 3. The zero-order valence-electron chi connectivity index (χ0n) is 16.1. The molecule has 0 amide bonds. The number of aromatic hydroxyl groups is 1. The molecule has 3 aromatic rings. The number of phenols is 1. The first-order valence-electron chi connectivity index (χ1n) is 9.59. The molecule has 146 valence electrons. The van der Waals surface area contributed by atoms with Crippen LogP contribution in [0.4, 0.5) is 4.39 Å². The highest BCUT2D eigenvalue weighted by molar-refractivity contribution is 6.01. The Morgan fingerprint density at radius 2 is 1.76 bits per heavy atom. The lowest BCUT2D eigenvalue weighted by Crippen LogP contribution is -2.01. The minimum atomic E-state index is -0.968. The van der Waals surface area contributed by atoms with Gasteiger partial charge >= 0.3 is 5.97 Å². The van der Waals surface area contributed by atoms with Crippen LogP contribution in [0.3, 0.4) is 0 Å². The van der Waals surface area contributed by atoms with Crippen LogP contribution in [-0.2, 0) is 6.42 Å². The largest absolute Gasteiger partial charge is 0.508 e. The molecule has 1 aliphatic rings. The average Bonchev–Trinajstić information content (AvgIpc) is 2.86. The van der Waals surface area contributed by atoms with Crippen LogP contribution in [0.15, 0.2) is 60.7 Å². The van der Waals surface area contributed by atoms with Crippen molar-refractivity contribution < 1.29 is 19.4 Å². The van der Waals surface area contributed by atoms with Crippen LogP contribution in [0.1, 0.15) is 51.0 Å². The summed E-state index contributed by atoms with van der Waals surface area (Å²) in [6, 6.07) is 17.2. The molecule has 0 unspecified atom stereocenters. The van der Waals surface area contributed by atoms with Gasteiger partial charge in [-0.15, -0.1) is 0 Å². The molecule has 3 nitrogen and oxygen atoms in total. The third-order valence-corrected chi connectivity index (χ3v) is 5.38. The van der Waals surface area contributed by atoms with Crippen molar-refractivity contribution in [3.8, 4) is 5.75 Å². The van der Waals surface area contributed by atoms with E-state index in [1.165, 1.54) is 6.07 Å². The Hall–Kier alpha value is -3.40. The summed E-state index contributed by atoms with van der Waals surface area (Å²) < 4.78 is 14.9. The normalized spacial score (nSPS) is 13.7. The smallest absolute Gasteiger partial charge is 0.335 e. The van der Waals surface area contributed by atoms with E-state index in [0.29, 0.717) is 18.4 Å². The molecule has 0 saturated carbocycles. The van der Waals surface area contributed by atoms with E-state index in [2.05, 4.69) is 0 Å². The molecule has 2 N–H and O–H groups in total. The number of allylic oxidation sites excluding steroid dienone is 1. The minimum Gasteiger partial charge on any atom is -0.508 e. The molecule has 29 heavy (non-hydrogen) atoms. The van der Waals surface area contributed by atoms with Gasteiger partial charge in [0.25, 0.3) is 0 Å². The third kappa shape index (κ3) is 3.66. The molecule has 0 saturated heterocycles. The van der Waals surface area contributed by atoms with E-state index in [0.717, 1.165) is 39.8 Å². The second kappa shape index (κ2) is 7.55. The number of hydrogen-bond acceptors (Lipinski definition) is 2. The van der Waals surface area contributed by atoms with Crippen molar-refractivity contribution in [3.63, 3.8) is 0 Å². The van der Waals surface area contributed by atoms with Gasteiger partial charge in [-0.1, -0.05) is 30.3 Å². The molecular weight excluding hydrogens is 367 g/mol. The van der Waals surface area contributed by atoms with Crippen LogP contribution in [0, 0.1) is 12.7 Å². The first kappa shape index (κ1) is 18.9. The molecule has 0 heterocycles. The van der Waals surface area contributed by atoms with Crippen molar-refractivity contribution in [2.24, 2.45) is 0 Å². The predicted octanol–water partition coefficient (Wildman–Crippen LogP) is 5.83. The van der Waals surface area contributed by atoms with E-state index < -0.39 is 5.97 Å². The molecule has 0 radical (unpaired) electrons. The van der Waals surface area contributed by atoms with Crippen molar-refractivity contribution in [3.05, 3.63) is 99.9 Å². The number of halogens is 1. The first-order valence-corrected chi connectivity index (χ1v) is 9.59. The highest BCUT2D eigenvalue weighted by Gasteiger charge is 2.23. The molecule has 0 aliphatic heterocycles. The van der Waals surface area contributed by atoms with E-state index in [-0.39, 0.29) is 17.1 Å². The number of aryl methyl sites for hydroxylation is 2. The molecule has 0 aromatic heterocycles. The summed E-state index contributed by atoms with van der Waals surface area (Å²) in [5, 5.41) is 19.4. The van der Waals surface area contributed by atoms with Crippen molar-refractivity contribution in [2.45, 2.75) is 26.2 Å². The third-order valence-electron chi connectivity index (χ3n) is 5.38. The summed E-state index contributed by atoms with van der Waals surface area (Å²) in [6.07, 6.45) is 2.14. The van der Waals surface area contributed by atoms with Gasteiger partial charge in [-0.25, -0.2) is 9.18 Å². The molecule has 3 aromatic carbocycles. The number of carboxylic acid groups (broad SMARTS) is 1. The Bertz CT molecular complexity index is 1140. The fourth-order valence-corrected chi connectivity index (χ4v) is 4.05. The maximum absolute atomic E-state index is 14.9. The van der Waals surface area contributed by atoms with Gasteiger partial charge in [-0.3, -0.25) is 0 Å². The summed E-state index contributed by atoms with van der Waals surface area (Å²) in [7, 11) is 0. The second-order valence-corrected chi connectivity index (χ2v) is 7.42. The quantitative estimate of drug-likeness (QED) is 0.593. The monoisotopic (exact) mass is 388 g/mol. The zero-order chi connectivity index (χ0) is 20.5. The van der Waals surface area contributed by atoms with Gasteiger partial charge in [0.15, 0.2) is 0 Å². The van der Waals surface area contributed by atoms with E-state index in [9.17, 15) is 19.4 Å². The molecule has 0 bridgehead atoms. The Morgan fingerprint density at radius 1 is 0.966 bits per heavy atom. The van der Waals surface area contributed by atoms with Gasteiger partial charge in [0, 0.05) is 5.56 Å². The number of hydrogen-bond donors (Lipinski definition) is 2. The summed E-state index contributed by atoms with van der Waals surface area (Å²) in [5.74, 6) is -1.11. The molecule has 0 spiro atoms. The molecule has 4 heteroatoms. The lowest BCUT2D eigenvalue weighted by atomic mass is 9.87. The molecule has 1 aliphatic carbocycles. The fourth-order valence-electron chi connectivity index (χ4n) is 4.05. The molecular formula is C25H21FO3. The summed E-state index contributed by atoms with van der Waals surface area (Å²) in [4.78, 5) is 11.4. The highest BCUT2D eigenvalue weighted by Crippen LogP contribution is 2.41. The number of fused-ring (bicyclic) bond motifs is 1. The topological polar surface area (TPSA) is 57.5 Å². The second-order valence-electron chi connectivity index (χ2n) is 7.42. The average molecular weight is 388 g/mol. The van der Waals surface area contributed by atoms with Gasteiger partial charge in [0.1, 0.15) is 11.6 Å². The number of benzene rings is 3. The van der Waals surface area contributed by atoms with Crippen LogP contribution in [0.2, 0.25) is 0 Å². The van der Waals surface area contributed by atoms with Crippen molar-refractivity contribution >= 4 is 17.1 Å². The predicted molar refractivity (Wildman–Crippen MR) is 111 cm³/mol. The van der Waals surface area contributed by atoms with Gasteiger partial charge in [0.05, 0.1) is 5.56 Å². The van der Waals surface area contributed by atoms with Crippen LogP contribution >= 0.6 is 0 Å². The van der Waals surface area contributed by atoms with E-state index in [1.54, 1.807) is 42.5 Å². The standard InChI is InChI=1S/C25H21FO3/c1-15-8-10-21(23(26)12-15)22-7-3-4-16-13-18(25(28)29)9-11-20(16)24(22)17-5-2-6-19(27)14-17/h2,5-6,8-14,27H,3-4,7H2,1H3,(H,28,29). The minimum absolute atomic E-state index is 0.131. The summed E-state index contributed by atoms with van der Waals surface area (Å²) in [6.45, 7) is 1.85. The van der Waals surface area contributed by atoms with Crippen molar-refractivity contribution in [2.75, 3.05) is 0 Å². The summed E-state index contributed by atoms with van der Waals surface area (Å²) >= 11 is 0. The van der Waals surface area contributed by atoms with E-state index in [4.69, 9.17) is 0 Å². The Balaban J connectivity index is 2.03.